The van der Waals surface area contributed by atoms with Gasteiger partial charge in [-0.3, -0.25) is 4.98 Å². The van der Waals surface area contributed by atoms with Crippen LogP contribution in [-0.2, 0) is 6.42 Å². The molecule has 3 rings (SSSR count). The third kappa shape index (κ3) is 2.11. The van der Waals surface area contributed by atoms with Crippen LogP contribution in [0.4, 0.5) is 5.82 Å². The van der Waals surface area contributed by atoms with Crippen molar-refractivity contribution in [3.8, 4) is 11.3 Å². The summed E-state index contributed by atoms with van der Waals surface area (Å²) in [6, 6.07) is 14.2. The van der Waals surface area contributed by atoms with E-state index >= 15 is 0 Å². The lowest BCUT2D eigenvalue weighted by molar-refractivity contribution is 1.08. The lowest BCUT2D eigenvalue weighted by Gasteiger charge is -2.11. The van der Waals surface area contributed by atoms with E-state index < -0.39 is 0 Å². The zero-order valence-electron chi connectivity index (χ0n) is 11.7. The van der Waals surface area contributed by atoms with Crippen LogP contribution in [0.5, 0.6) is 0 Å². The van der Waals surface area contributed by atoms with Crippen molar-refractivity contribution in [1.82, 2.24) is 9.97 Å². The molecule has 0 fully saturated rings. The SMILES string of the molecule is CCc1ccc(C)nc1-c1cccc2ccc(N)nc12. The van der Waals surface area contributed by atoms with Crippen LogP contribution in [0.15, 0.2) is 42.5 Å². The van der Waals surface area contributed by atoms with E-state index in [9.17, 15) is 0 Å². The van der Waals surface area contributed by atoms with Crippen molar-refractivity contribution in [2.75, 3.05) is 5.73 Å². The maximum atomic E-state index is 5.84. The highest BCUT2D eigenvalue weighted by molar-refractivity contribution is 5.94. The molecule has 20 heavy (non-hydrogen) atoms. The van der Waals surface area contributed by atoms with Crippen molar-refractivity contribution in [3.05, 3.63) is 53.7 Å². The van der Waals surface area contributed by atoms with E-state index in [1.54, 1.807) is 0 Å². The topological polar surface area (TPSA) is 51.8 Å². The van der Waals surface area contributed by atoms with E-state index in [4.69, 9.17) is 10.7 Å². The summed E-state index contributed by atoms with van der Waals surface area (Å²) in [6.07, 6.45) is 0.946. The number of pyridine rings is 2. The van der Waals surface area contributed by atoms with Crippen LogP contribution in [0.2, 0.25) is 0 Å². The lowest BCUT2D eigenvalue weighted by atomic mass is 10.0. The fourth-order valence-electron chi connectivity index (χ4n) is 2.46. The first-order valence-electron chi connectivity index (χ1n) is 6.81. The molecule has 0 bridgehead atoms. The summed E-state index contributed by atoms with van der Waals surface area (Å²) in [7, 11) is 0. The molecule has 2 N–H and O–H groups in total. The van der Waals surface area contributed by atoms with Crippen molar-refractivity contribution in [1.29, 1.82) is 0 Å². The number of aryl methyl sites for hydroxylation is 2. The van der Waals surface area contributed by atoms with Gasteiger partial charge < -0.3 is 5.73 Å². The minimum atomic E-state index is 0.538. The van der Waals surface area contributed by atoms with E-state index in [-0.39, 0.29) is 0 Å². The van der Waals surface area contributed by atoms with E-state index in [1.807, 2.05) is 31.2 Å². The maximum Gasteiger partial charge on any atom is 0.124 e. The average molecular weight is 263 g/mol. The van der Waals surface area contributed by atoms with E-state index in [1.165, 1.54) is 5.56 Å². The normalized spacial score (nSPS) is 10.9. The summed E-state index contributed by atoms with van der Waals surface area (Å²) in [5.74, 6) is 0.538. The van der Waals surface area contributed by atoms with Crippen LogP contribution < -0.4 is 5.73 Å². The van der Waals surface area contributed by atoms with Crippen molar-refractivity contribution in [3.63, 3.8) is 0 Å². The van der Waals surface area contributed by atoms with E-state index in [0.29, 0.717) is 5.82 Å². The molecule has 3 aromatic rings. The van der Waals surface area contributed by atoms with Gasteiger partial charge in [0.05, 0.1) is 11.2 Å². The number of rotatable bonds is 2. The van der Waals surface area contributed by atoms with Gasteiger partial charge in [0.25, 0.3) is 0 Å². The van der Waals surface area contributed by atoms with Gasteiger partial charge in [0, 0.05) is 16.6 Å². The van der Waals surface area contributed by atoms with Gasteiger partial charge >= 0.3 is 0 Å². The Labute approximate surface area is 118 Å². The quantitative estimate of drug-likeness (QED) is 0.766. The molecule has 2 aromatic heterocycles. The summed E-state index contributed by atoms with van der Waals surface area (Å²) in [4.78, 5) is 9.21. The van der Waals surface area contributed by atoms with E-state index in [0.717, 1.165) is 34.3 Å². The number of nitrogens with zero attached hydrogens (tertiary/aromatic N) is 2. The Morgan fingerprint density at radius 2 is 1.85 bits per heavy atom. The first-order chi connectivity index (χ1) is 9.69. The van der Waals surface area contributed by atoms with Crippen LogP contribution in [0.25, 0.3) is 22.2 Å². The predicted molar refractivity (Wildman–Crippen MR) is 83.5 cm³/mol. The molecule has 0 aliphatic heterocycles. The van der Waals surface area contributed by atoms with Crippen molar-refractivity contribution in [2.24, 2.45) is 0 Å². The molecule has 0 radical (unpaired) electrons. The number of para-hydroxylation sites is 1. The molecule has 0 saturated carbocycles. The van der Waals surface area contributed by atoms with Crippen molar-refractivity contribution >= 4 is 16.7 Å². The molecule has 0 aliphatic rings. The standard InChI is InChI=1S/C17H17N3/c1-3-12-8-7-11(2)19-16(12)14-6-4-5-13-9-10-15(18)20-17(13)14/h4-10H,3H2,1-2H3,(H2,18,20). The highest BCUT2D eigenvalue weighted by Crippen LogP contribution is 2.29. The summed E-state index contributed by atoms with van der Waals surface area (Å²) in [5.41, 5.74) is 11.1. The van der Waals surface area contributed by atoms with Crippen molar-refractivity contribution in [2.45, 2.75) is 20.3 Å². The largest absolute Gasteiger partial charge is 0.384 e. The van der Waals surface area contributed by atoms with Crippen LogP contribution >= 0.6 is 0 Å². The van der Waals surface area contributed by atoms with Gasteiger partial charge in [-0.05, 0) is 37.1 Å². The third-order valence-electron chi connectivity index (χ3n) is 3.50. The maximum absolute atomic E-state index is 5.84. The molecule has 0 atom stereocenters. The van der Waals surface area contributed by atoms with Gasteiger partial charge in [-0.25, -0.2) is 4.98 Å². The zero-order valence-corrected chi connectivity index (χ0v) is 11.7. The number of hydrogen-bond acceptors (Lipinski definition) is 3. The molecule has 0 aliphatic carbocycles. The fourth-order valence-corrected chi connectivity index (χ4v) is 2.46. The number of nitrogen functional groups attached to an aromatic ring is 1. The second-order valence-electron chi connectivity index (χ2n) is 4.93. The van der Waals surface area contributed by atoms with Gasteiger partial charge in [-0.2, -0.15) is 0 Å². The average Bonchev–Trinajstić information content (AvgIpc) is 2.46. The Bertz CT molecular complexity index is 778. The summed E-state index contributed by atoms with van der Waals surface area (Å²) < 4.78 is 0. The van der Waals surface area contributed by atoms with Gasteiger partial charge in [-0.15, -0.1) is 0 Å². The third-order valence-corrected chi connectivity index (χ3v) is 3.50. The van der Waals surface area contributed by atoms with Gasteiger partial charge in [0.2, 0.25) is 0 Å². The Kier molecular flexibility index (Phi) is 3.11. The molecule has 2 heterocycles. The minimum Gasteiger partial charge on any atom is -0.384 e. The number of anilines is 1. The molecule has 3 nitrogen and oxygen atoms in total. The van der Waals surface area contributed by atoms with Crippen LogP contribution in [0.3, 0.4) is 0 Å². The number of aromatic nitrogens is 2. The highest BCUT2D eigenvalue weighted by Gasteiger charge is 2.11. The number of benzene rings is 1. The Hall–Kier alpha value is -2.42. The van der Waals surface area contributed by atoms with Crippen LogP contribution in [0.1, 0.15) is 18.2 Å². The first-order valence-corrected chi connectivity index (χ1v) is 6.81. The number of nitrogens with two attached hydrogens (primary N) is 1. The first kappa shape index (κ1) is 12.6. The smallest absolute Gasteiger partial charge is 0.124 e. The molecule has 0 amide bonds. The summed E-state index contributed by atoms with van der Waals surface area (Å²) in [6.45, 7) is 4.15. The molecule has 0 spiro atoms. The minimum absolute atomic E-state index is 0.538. The predicted octanol–water partition coefficient (Wildman–Crippen LogP) is 3.75. The van der Waals surface area contributed by atoms with Gasteiger partial charge in [-0.1, -0.05) is 31.2 Å². The lowest BCUT2D eigenvalue weighted by Crippen LogP contribution is -1.97. The second kappa shape index (κ2) is 4.93. The molecule has 0 unspecified atom stereocenters. The molecular formula is C17H17N3. The number of hydrogen-bond donors (Lipinski definition) is 1. The van der Waals surface area contributed by atoms with Gasteiger partial charge in [0.1, 0.15) is 5.82 Å². The second-order valence-corrected chi connectivity index (χ2v) is 4.93. The molecule has 100 valence electrons. The Morgan fingerprint density at radius 1 is 1.00 bits per heavy atom. The molecular weight excluding hydrogens is 246 g/mol. The molecule has 0 saturated heterocycles. The zero-order chi connectivity index (χ0) is 14.1. The summed E-state index contributed by atoms with van der Waals surface area (Å²) in [5, 5.41) is 1.09. The molecule has 3 heteroatoms. The van der Waals surface area contributed by atoms with Gasteiger partial charge in [0.15, 0.2) is 0 Å². The van der Waals surface area contributed by atoms with Crippen molar-refractivity contribution < 1.29 is 0 Å². The highest BCUT2D eigenvalue weighted by atomic mass is 14.8. The van der Waals surface area contributed by atoms with Crippen LogP contribution in [-0.4, -0.2) is 9.97 Å². The Morgan fingerprint density at radius 3 is 2.65 bits per heavy atom. The Balaban J connectivity index is 2.34. The fraction of sp³-hybridized carbons (Fsp3) is 0.176. The van der Waals surface area contributed by atoms with E-state index in [2.05, 4.69) is 30.1 Å². The monoisotopic (exact) mass is 263 g/mol. The number of fused-ring (bicyclic) bond motifs is 1. The molecule has 1 aromatic carbocycles. The van der Waals surface area contributed by atoms with Crippen LogP contribution in [0, 0.1) is 6.92 Å². The summed E-state index contributed by atoms with van der Waals surface area (Å²) >= 11 is 0.